The van der Waals surface area contributed by atoms with Gasteiger partial charge in [0.2, 0.25) is 0 Å². The van der Waals surface area contributed by atoms with E-state index in [4.69, 9.17) is 9.15 Å². The first-order valence-corrected chi connectivity index (χ1v) is 7.84. The Labute approximate surface area is 134 Å². The molecule has 0 saturated carbocycles. The minimum Gasteiger partial charge on any atom is -0.426 e. The molecule has 5 heteroatoms. The van der Waals surface area contributed by atoms with Crippen LogP contribution in [0, 0.1) is 17.7 Å². The van der Waals surface area contributed by atoms with Crippen molar-refractivity contribution < 1.29 is 18.3 Å². The number of hydrogen-bond acceptors (Lipinski definition) is 3. The van der Waals surface area contributed by atoms with Crippen molar-refractivity contribution in [3.05, 3.63) is 48.0 Å². The Kier molecular flexibility index (Phi) is 4.37. The van der Waals surface area contributed by atoms with E-state index in [0.29, 0.717) is 17.6 Å². The zero-order valence-corrected chi connectivity index (χ0v) is 13.3. The predicted octanol–water partition coefficient (Wildman–Crippen LogP) is 4.33. The summed E-state index contributed by atoms with van der Waals surface area (Å²) in [5.74, 6) is 1.22. The monoisotopic (exact) mass is 317 g/mol. The van der Waals surface area contributed by atoms with Gasteiger partial charge >= 0.3 is 0 Å². The molecule has 1 aromatic heterocycles. The van der Waals surface area contributed by atoms with Crippen molar-refractivity contribution in [1.29, 1.82) is 0 Å². The van der Waals surface area contributed by atoms with Crippen LogP contribution in [-0.2, 0) is 0 Å². The van der Waals surface area contributed by atoms with Crippen molar-refractivity contribution in [2.24, 2.45) is 11.8 Å². The average Bonchev–Trinajstić information content (AvgIpc) is 2.94. The van der Waals surface area contributed by atoms with Gasteiger partial charge in [-0.1, -0.05) is 19.9 Å². The van der Waals surface area contributed by atoms with Gasteiger partial charge in [0.1, 0.15) is 11.6 Å². The number of carbonyl (C=O) groups is 1. The number of nitrogens with zero attached hydrogens (tertiary/aromatic N) is 1. The van der Waals surface area contributed by atoms with Gasteiger partial charge in [0.05, 0.1) is 0 Å². The zero-order valence-electron chi connectivity index (χ0n) is 13.3. The molecule has 0 aliphatic carbocycles. The highest BCUT2D eigenvalue weighted by Gasteiger charge is 2.27. The van der Waals surface area contributed by atoms with Crippen LogP contribution in [0.15, 0.2) is 40.8 Å². The smallest absolute Gasteiger partial charge is 0.290 e. The lowest BCUT2D eigenvalue weighted by molar-refractivity contribution is 0.0587. The lowest BCUT2D eigenvalue weighted by atomic mass is 9.92. The number of hydrogen-bond donors (Lipinski definition) is 0. The first-order chi connectivity index (χ1) is 11.0. The molecule has 0 radical (unpaired) electrons. The van der Waals surface area contributed by atoms with E-state index in [1.54, 1.807) is 24.3 Å². The lowest BCUT2D eigenvalue weighted by Crippen LogP contribution is -2.42. The third kappa shape index (κ3) is 3.73. The molecule has 2 heterocycles. The number of amides is 1. The molecule has 122 valence electrons. The molecule has 0 spiro atoms. The van der Waals surface area contributed by atoms with Gasteiger partial charge in [-0.2, -0.15) is 0 Å². The standard InChI is InChI=1S/C18H20FNO3/c1-12-8-13(2)11-20(10-12)18(21)16-6-7-17(23-16)22-15-5-3-4-14(19)9-15/h3-7,9,12-13H,8,10-11H2,1-2H3/t12-,13+. The summed E-state index contributed by atoms with van der Waals surface area (Å²) < 4.78 is 24.1. The summed E-state index contributed by atoms with van der Waals surface area (Å²) in [5, 5.41) is 0. The lowest BCUT2D eigenvalue weighted by Gasteiger charge is -2.34. The van der Waals surface area contributed by atoms with Crippen molar-refractivity contribution in [1.82, 2.24) is 4.90 Å². The Bertz CT molecular complexity index is 687. The summed E-state index contributed by atoms with van der Waals surface area (Å²) >= 11 is 0. The number of piperidine rings is 1. The fourth-order valence-electron chi connectivity index (χ4n) is 3.12. The molecule has 0 unspecified atom stereocenters. The van der Waals surface area contributed by atoms with E-state index in [0.717, 1.165) is 19.5 Å². The second-order valence-corrected chi connectivity index (χ2v) is 6.33. The first kappa shape index (κ1) is 15.6. The number of carbonyl (C=O) groups excluding carboxylic acids is 1. The molecule has 1 amide bonds. The van der Waals surface area contributed by atoms with Crippen molar-refractivity contribution >= 4 is 5.91 Å². The molecule has 1 aromatic carbocycles. The largest absolute Gasteiger partial charge is 0.426 e. The Morgan fingerprint density at radius 3 is 2.65 bits per heavy atom. The topological polar surface area (TPSA) is 42.7 Å². The maximum atomic E-state index is 13.1. The van der Waals surface area contributed by atoms with Gasteiger partial charge in [-0.25, -0.2) is 4.39 Å². The van der Waals surface area contributed by atoms with Crippen molar-refractivity contribution in [3.63, 3.8) is 0 Å². The van der Waals surface area contributed by atoms with Crippen LogP contribution in [0.4, 0.5) is 4.39 Å². The second kappa shape index (κ2) is 6.44. The highest BCUT2D eigenvalue weighted by atomic mass is 19.1. The Morgan fingerprint density at radius 1 is 1.22 bits per heavy atom. The second-order valence-electron chi connectivity index (χ2n) is 6.33. The summed E-state index contributed by atoms with van der Waals surface area (Å²) in [5.41, 5.74) is 0. The van der Waals surface area contributed by atoms with Crippen LogP contribution in [0.5, 0.6) is 11.7 Å². The van der Waals surface area contributed by atoms with E-state index >= 15 is 0 Å². The van der Waals surface area contributed by atoms with Gasteiger partial charge in [-0.05, 0) is 36.5 Å². The van der Waals surface area contributed by atoms with Crippen molar-refractivity contribution in [3.8, 4) is 11.7 Å². The summed E-state index contributed by atoms with van der Waals surface area (Å²) in [6.45, 7) is 5.78. The van der Waals surface area contributed by atoms with Gasteiger partial charge in [-0.15, -0.1) is 0 Å². The van der Waals surface area contributed by atoms with Crippen LogP contribution in [0.25, 0.3) is 0 Å². The number of ether oxygens (including phenoxy) is 1. The molecule has 0 N–H and O–H groups in total. The third-order valence-corrected chi connectivity index (χ3v) is 3.96. The van der Waals surface area contributed by atoms with Gasteiger partial charge < -0.3 is 14.1 Å². The molecule has 23 heavy (non-hydrogen) atoms. The van der Waals surface area contributed by atoms with Gasteiger partial charge in [0, 0.05) is 25.2 Å². The van der Waals surface area contributed by atoms with Gasteiger partial charge in [0.15, 0.2) is 5.76 Å². The SMILES string of the molecule is C[C@@H]1C[C@H](C)CN(C(=O)c2ccc(Oc3cccc(F)c3)o2)C1. The van der Waals surface area contributed by atoms with Crippen LogP contribution in [0.1, 0.15) is 30.8 Å². The zero-order chi connectivity index (χ0) is 16.4. The van der Waals surface area contributed by atoms with E-state index < -0.39 is 0 Å². The molecule has 1 saturated heterocycles. The fourth-order valence-corrected chi connectivity index (χ4v) is 3.12. The minimum atomic E-state index is -0.387. The van der Waals surface area contributed by atoms with E-state index in [1.165, 1.54) is 12.1 Å². The van der Waals surface area contributed by atoms with Crippen LogP contribution in [0.2, 0.25) is 0 Å². The summed E-state index contributed by atoms with van der Waals surface area (Å²) in [4.78, 5) is 14.4. The molecule has 0 bridgehead atoms. The van der Waals surface area contributed by atoms with Gasteiger partial charge in [0.25, 0.3) is 11.9 Å². The normalized spacial score (nSPS) is 21.3. The first-order valence-electron chi connectivity index (χ1n) is 7.84. The number of rotatable bonds is 3. The Hall–Kier alpha value is -2.30. The fraction of sp³-hybridized carbons (Fsp3) is 0.389. The predicted molar refractivity (Wildman–Crippen MR) is 84.0 cm³/mol. The van der Waals surface area contributed by atoms with Crippen molar-refractivity contribution in [2.45, 2.75) is 20.3 Å². The summed E-state index contributed by atoms with van der Waals surface area (Å²) in [6.07, 6.45) is 1.13. The quantitative estimate of drug-likeness (QED) is 0.846. The molecular weight excluding hydrogens is 297 g/mol. The van der Waals surface area contributed by atoms with Crippen molar-refractivity contribution in [2.75, 3.05) is 13.1 Å². The van der Waals surface area contributed by atoms with Crippen LogP contribution in [0.3, 0.4) is 0 Å². The molecule has 1 aliphatic heterocycles. The number of benzene rings is 1. The molecule has 1 aliphatic rings. The Morgan fingerprint density at radius 2 is 1.96 bits per heavy atom. The number of furan rings is 1. The number of likely N-dealkylation sites (tertiary alicyclic amines) is 1. The molecule has 2 atom stereocenters. The molecular formula is C18H20FNO3. The minimum absolute atomic E-state index is 0.127. The molecule has 1 fully saturated rings. The van der Waals surface area contributed by atoms with E-state index in [2.05, 4.69) is 13.8 Å². The highest BCUT2D eigenvalue weighted by Crippen LogP contribution is 2.27. The summed E-state index contributed by atoms with van der Waals surface area (Å²) in [6, 6.07) is 8.95. The molecule has 4 nitrogen and oxygen atoms in total. The van der Waals surface area contributed by atoms with Gasteiger partial charge in [-0.3, -0.25) is 4.79 Å². The highest BCUT2D eigenvalue weighted by molar-refractivity contribution is 5.91. The Balaban J connectivity index is 1.70. The third-order valence-electron chi connectivity index (χ3n) is 3.96. The summed E-state index contributed by atoms with van der Waals surface area (Å²) in [7, 11) is 0. The number of halogens is 1. The average molecular weight is 317 g/mol. The van der Waals surface area contributed by atoms with E-state index in [9.17, 15) is 9.18 Å². The van der Waals surface area contributed by atoms with Crippen LogP contribution < -0.4 is 4.74 Å². The van der Waals surface area contributed by atoms with E-state index in [1.807, 2.05) is 4.90 Å². The molecule has 3 rings (SSSR count). The maximum Gasteiger partial charge on any atom is 0.290 e. The van der Waals surface area contributed by atoms with Crippen LogP contribution >= 0.6 is 0 Å². The molecule has 2 aromatic rings. The van der Waals surface area contributed by atoms with Crippen LogP contribution in [-0.4, -0.2) is 23.9 Å². The maximum absolute atomic E-state index is 13.1. The van der Waals surface area contributed by atoms with E-state index in [-0.39, 0.29) is 23.4 Å².